The van der Waals surface area contributed by atoms with Crippen molar-refractivity contribution in [1.29, 1.82) is 0 Å². The largest absolute Gasteiger partial charge is 0.497 e. The Morgan fingerprint density at radius 2 is 2.17 bits per heavy atom. The predicted molar refractivity (Wildman–Crippen MR) is 120 cm³/mol. The number of benzene rings is 1. The van der Waals surface area contributed by atoms with E-state index in [0.717, 1.165) is 41.7 Å². The Labute approximate surface area is 179 Å². The third-order valence-corrected chi connectivity index (χ3v) is 6.82. The number of nitrogens with zero attached hydrogens (tertiary/aromatic N) is 2. The van der Waals surface area contributed by atoms with Crippen LogP contribution in [0.3, 0.4) is 0 Å². The van der Waals surface area contributed by atoms with E-state index in [9.17, 15) is 4.79 Å². The molecule has 2 aromatic rings. The molecule has 3 aliphatic heterocycles. The van der Waals surface area contributed by atoms with E-state index in [1.165, 1.54) is 6.42 Å². The lowest BCUT2D eigenvalue weighted by Crippen LogP contribution is -2.58. The van der Waals surface area contributed by atoms with Gasteiger partial charge in [-0.2, -0.15) is 0 Å². The topological polar surface area (TPSA) is 54.5 Å². The summed E-state index contributed by atoms with van der Waals surface area (Å²) in [5, 5.41) is 4.46. The number of rotatable bonds is 5. The summed E-state index contributed by atoms with van der Waals surface area (Å²) in [4.78, 5) is 20.2. The number of methoxy groups -OCH3 is 1. The summed E-state index contributed by atoms with van der Waals surface area (Å²) in [6.07, 6.45) is 6.24. The summed E-state index contributed by atoms with van der Waals surface area (Å²) in [6, 6.07) is 8.19. The van der Waals surface area contributed by atoms with Crippen LogP contribution in [0.25, 0.3) is 10.9 Å². The van der Waals surface area contributed by atoms with Crippen LogP contribution in [0.4, 0.5) is 0 Å². The molecule has 5 rings (SSSR count). The molecule has 2 bridgehead atoms. The molecule has 5 nitrogen and oxygen atoms in total. The Morgan fingerprint density at radius 3 is 2.80 bits per heavy atom. The molecular weight excluding hydrogens is 374 g/mol. The second-order valence-electron chi connectivity index (χ2n) is 9.73. The number of ether oxygens (including phenoxy) is 1. The SMILES string of the molecule is C=C[C@H]1CN2CC[C@H]1C[C@H]2[C@H](NC(=O)C(C)(C)C)c1ccnc2ccc(OC)cc12. The molecule has 3 aliphatic rings. The summed E-state index contributed by atoms with van der Waals surface area (Å²) in [6.45, 7) is 12.1. The van der Waals surface area contributed by atoms with E-state index in [2.05, 4.69) is 33.9 Å². The summed E-state index contributed by atoms with van der Waals surface area (Å²) >= 11 is 0. The van der Waals surface area contributed by atoms with Gasteiger partial charge in [0.1, 0.15) is 5.75 Å². The zero-order valence-corrected chi connectivity index (χ0v) is 18.5. The number of carbonyl (C=O) groups excluding carboxylic acids is 1. The number of fused-ring (bicyclic) bond motifs is 4. The van der Waals surface area contributed by atoms with Crippen molar-refractivity contribution in [2.75, 3.05) is 20.2 Å². The fourth-order valence-electron chi connectivity index (χ4n) is 5.01. The van der Waals surface area contributed by atoms with Gasteiger partial charge in [-0.05, 0) is 61.1 Å². The van der Waals surface area contributed by atoms with Gasteiger partial charge in [0.05, 0.1) is 18.7 Å². The minimum atomic E-state index is -0.453. The van der Waals surface area contributed by atoms with Crippen LogP contribution >= 0.6 is 0 Å². The summed E-state index contributed by atoms with van der Waals surface area (Å²) < 4.78 is 5.48. The Hall–Kier alpha value is -2.40. The maximum atomic E-state index is 13.1. The first kappa shape index (κ1) is 20.9. The highest BCUT2D eigenvalue weighted by Gasteiger charge is 2.43. The van der Waals surface area contributed by atoms with Crippen LogP contribution in [0.15, 0.2) is 43.1 Å². The third kappa shape index (κ3) is 3.83. The molecule has 1 aromatic carbocycles. The van der Waals surface area contributed by atoms with E-state index in [1.54, 1.807) is 7.11 Å². The average Bonchev–Trinajstić information content (AvgIpc) is 2.76. The fourth-order valence-corrected chi connectivity index (χ4v) is 5.01. The Morgan fingerprint density at radius 1 is 1.37 bits per heavy atom. The normalized spacial score (nSPS) is 26.9. The van der Waals surface area contributed by atoms with E-state index in [4.69, 9.17) is 4.74 Å². The van der Waals surface area contributed by atoms with Crippen molar-refractivity contribution in [2.24, 2.45) is 17.3 Å². The van der Waals surface area contributed by atoms with E-state index >= 15 is 0 Å². The molecule has 1 amide bonds. The predicted octanol–water partition coefficient (Wildman–Crippen LogP) is 4.34. The summed E-state index contributed by atoms with van der Waals surface area (Å²) in [5.74, 6) is 2.05. The molecule has 5 atom stereocenters. The van der Waals surface area contributed by atoms with E-state index in [0.29, 0.717) is 11.8 Å². The molecule has 1 N–H and O–H groups in total. The Balaban J connectivity index is 1.78. The summed E-state index contributed by atoms with van der Waals surface area (Å²) in [7, 11) is 1.68. The molecular formula is C25H33N3O2. The Kier molecular flexibility index (Phi) is 5.58. The van der Waals surface area contributed by atoms with Crippen LogP contribution in [0.2, 0.25) is 0 Å². The van der Waals surface area contributed by atoms with Crippen molar-refractivity contribution in [2.45, 2.75) is 45.7 Å². The molecule has 1 aromatic heterocycles. The van der Waals surface area contributed by atoms with E-state index < -0.39 is 5.41 Å². The van der Waals surface area contributed by atoms with Gasteiger partial charge >= 0.3 is 0 Å². The molecule has 3 saturated heterocycles. The zero-order chi connectivity index (χ0) is 21.5. The molecule has 4 heterocycles. The van der Waals surface area contributed by atoms with Gasteiger partial charge < -0.3 is 10.1 Å². The van der Waals surface area contributed by atoms with Crippen LogP contribution in [-0.2, 0) is 4.79 Å². The summed E-state index contributed by atoms with van der Waals surface area (Å²) in [5.41, 5.74) is 1.58. The molecule has 5 heteroatoms. The minimum Gasteiger partial charge on any atom is -0.497 e. The first-order valence-electron chi connectivity index (χ1n) is 10.9. The van der Waals surface area contributed by atoms with Crippen LogP contribution in [0, 0.1) is 17.3 Å². The first-order valence-corrected chi connectivity index (χ1v) is 10.9. The van der Waals surface area contributed by atoms with E-state index in [-0.39, 0.29) is 18.0 Å². The highest BCUT2D eigenvalue weighted by Crippen LogP contribution is 2.42. The molecule has 3 fully saturated rings. The number of pyridine rings is 1. The third-order valence-electron chi connectivity index (χ3n) is 6.82. The average molecular weight is 408 g/mol. The van der Waals surface area contributed by atoms with Gasteiger partial charge in [0.2, 0.25) is 5.91 Å². The zero-order valence-electron chi connectivity index (χ0n) is 18.5. The van der Waals surface area contributed by atoms with Crippen molar-refractivity contribution in [3.63, 3.8) is 0 Å². The molecule has 160 valence electrons. The number of piperidine rings is 3. The maximum Gasteiger partial charge on any atom is 0.225 e. The van der Waals surface area contributed by atoms with Crippen molar-refractivity contribution >= 4 is 16.8 Å². The van der Waals surface area contributed by atoms with Gasteiger partial charge in [0.15, 0.2) is 0 Å². The lowest BCUT2D eigenvalue weighted by molar-refractivity contribution is -0.130. The van der Waals surface area contributed by atoms with Gasteiger partial charge in [0.25, 0.3) is 0 Å². The molecule has 30 heavy (non-hydrogen) atoms. The lowest BCUT2D eigenvalue weighted by atomic mass is 9.73. The van der Waals surface area contributed by atoms with Crippen LogP contribution in [0.1, 0.15) is 45.2 Å². The van der Waals surface area contributed by atoms with Gasteiger partial charge in [0, 0.05) is 29.6 Å². The number of hydrogen-bond acceptors (Lipinski definition) is 4. The number of amides is 1. The smallest absolute Gasteiger partial charge is 0.225 e. The first-order chi connectivity index (χ1) is 14.3. The molecule has 0 radical (unpaired) electrons. The van der Waals surface area contributed by atoms with Gasteiger partial charge in [-0.1, -0.05) is 26.8 Å². The number of aromatic nitrogens is 1. The second-order valence-corrected chi connectivity index (χ2v) is 9.73. The highest BCUT2D eigenvalue weighted by atomic mass is 16.5. The number of hydrogen-bond donors (Lipinski definition) is 1. The van der Waals surface area contributed by atoms with E-state index in [1.807, 2.05) is 45.2 Å². The highest BCUT2D eigenvalue weighted by molar-refractivity contribution is 5.86. The van der Waals surface area contributed by atoms with Gasteiger partial charge in [-0.3, -0.25) is 14.7 Å². The number of nitrogens with one attached hydrogen (secondary N) is 1. The van der Waals surface area contributed by atoms with Crippen molar-refractivity contribution in [3.8, 4) is 5.75 Å². The standard InChI is InChI=1S/C25H33N3O2/c1-6-16-15-28-12-10-17(16)13-22(28)23(27-24(29)25(2,3)4)19-9-11-26-21-8-7-18(30-5)14-20(19)21/h6-9,11,14,16-17,22-23H,1,10,12-13,15H2,2-5H3,(H,27,29)/t16-,17-,22-,23+/m0/s1. The molecule has 1 unspecified atom stereocenters. The van der Waals surface area contributed by atoms with Gasteiger partial charge in [-0.15, -0.1) is 6.58 Å². The van der Waals surface area contributed by atoms with Crippen molar-refractivity contribution < 1.29 is 9.53 Å². The quantitative estimate of drug-likeness (QED) is 0.749. The maximum absolute atomic E-state index is 13.1. The van der Waals surface area contributed by atoms with Crippen molar-refractivity contribution in [3.05, 3.63) is 48.7 Å². The monoisotopic (exact) mass is 407 g/mol. The Bertz CT molecular complexity index is 949. The van der Waals surface area contributed by atoms with Crippen LogP contribution in [-0.4, -0.2) is 42.0 Å². The van der Waals surface area contributed by atoms with Crippen molar-refractivity contribution in [1.82, 2.24) is 15.2 Å². The minimum absolute atomic E-state index is 0.0725. The fraction of sp³-hybridized carbons (Fsp3) is 0.520. The molecule has 0 spiro atoms. The second kappa shape index (κ2) is 8.03. The molecule has 0 saturated carbocycles. The van der Waals surface area contributed by atoms with Crippen LogP contribution in [0.5, 0.6) is 5.75 Å². The van der Waals surface area contributed by atoms with Crippen LogP contribution < -0.4 is 10.1 Å². The van der Waals surface area contributed by atoms with Gasteiger partial charge in [-0.25, -0.2) is 0 Å². The molecule has 0 aliphatic carbocycles. The number of carbonyl (C=O) groups is 1. The lowest BCUT2D eigenvalue weighted by Gasteiger charge is -2.52.